The molecule has 1 aliphatic rings. The zero-order valence-electron chi connectivity index (χ0n) is 17.9. The van der Waals surface area contributed by atoms with Crippen LogP contribution >= 0.6 is 0 Å². The van der Waals surface area contributed by atoms with Crippen molar-refractivity contribution in [1.29, 1.82) is 0 Å². The van der Waals surface area contributed by atoms with Crippen molar-refractivity contribution in [2.24, 2.45) is 7.05 Å². The Bertz CT molecular complexity index is 1160. The molecule has 1 atom stereocenters. The summed E-state index contributed by atoms with van der Waals surface area (Å²) < 4.78 is 36.7. The number of nitrogens with one attached hydrogen (secondary N) is 1. The Morgan fingerprint density at radius 3 is 2.81 bits per heavy atom. The van der Waals surface area contributed by atoms with Gasteiger partial charge in [0.05, 0.1) is 24.6 Å². The van der Waals surface area contributed by atoms with Crippen LogP contribution in [0.4, 0.5) is 5.95 Å². The minimum Gasteiger partial charge on any atom is -0.497 e. The summed E-state index contributed by atoms with van der Waals surface area (Å²) in [6.07, 6.45) is 2.43. The van der Waals surface area contributed by atoms with Crippen molar-refractivity contribution in [2.45, 2.75) is 25.1 Å². The van der Waals surface area contributed by atoms with Crippen molar-refractivity contribution >= 4 is 16.0 Å². The van der Waals surface area contributed by atoms with Crippen LogP contribution in [0.5, 0.6) is 5.75 Å². The fourth-order valence-corrected chi connectivity index (χ4v) is 5.27. The molecule has 1 fully saturated rings. The van der Waals surface area contributed by atoms with Gasteiger partial charge in [0.2, 0.25) is 16.0 Å². The third kappa shape index (κ3) is 4.42. The smallest absolute Gasteiger partial charge is 0.227 e. The Morgan fingerprint density at radius 1 is 1.26 bits per heavy atom. The Hall–Kier alpha value is -2.92. The molecule has 0 saturated carbocycles. The quantitative estimate of drug-likeness (QED) is 0.556. The van der Waals surface area contributed by atoms with E-state index in [0.29, 0.717) is 44.4 Å². The molecule has 0 spiro atoms. The van der Waals surface area contributed by atoms with E-state index in [1.807, 2.05) is 53.0 Å². The van der Waals surface area contributed by atoms with Gasteiger partial charge in [-0.25, -0.2) is 13.1 Å². The second-order valence-corrected chi connectivity index (χ2v) is 9.57. The number of nitrogens with zero attached hydrogens (tertiary/aromatic N) is 6. The molecule has 3 aromatic rings. The minimum absolute atomic E-state index is 0.369. The van der Waals surface area contributed by atoms with E-state index in [1.54, 1.807) is 18.7 Å². The first-order valence-corrected chi connectivity index (χ1v) is 11.8. The van der Waals surface area contributed by atoms with Crippen LogP contribution in [0.15, 0.2) is 36.5 Å². The van der Waals surface area contributed by atoms with Gasteiger partial charge < -0.3 is 9.64 Å². The monoisotopic (exact) mass is 445 g/mol. The maximum atomic E-state index is 12.5. The molecular weight excluding hydrogens is 418 g/mol. The lowest BCUT2D eigenvalue weighted by Gasteiger charge is -2.19. The molecule has 2 aromatic heterocycles. The molecule has 166 valence electrons. The fraction of sp³-hybridized carbons (Fsp3) is 0.450. The number of aryl methyl sites for hydroxylation is 1. The van der Waals surface area contributed by atoms with Crippen molar-refractivity contribution in [3.05, 3.63) is 42.2 Å². The molecule has 1 unspecified atom stereocenters. The van der Waals surface area contributed by atoms with Crippen LogP contribution < -0.4 is 14.4 Å². The van der Waals surface area contributed by atoms with Gasteiger partial charge in [0.15, 0.2) is 5.82 Å². The first kappa shape index (κ1) is 21.3. The van der Waals surface area contributed by atoms with Crippen molar-refractivity contribution < 1.29 is 13.2 Å². The summed E-state index contributed by atoms with van der Waals surface area (Å²) in [6.45, 7) is 3.60. The van der Waals surface area contributed by atoms with E-state index in [1.165, 1.54) is 0 Å². The van der Waals surface area contributed by atoms with Crippen LogP contribution in [-0.4, -0.2) is 65.0 Å². The lowest BCUT2D eigenvalue weighted by Crippen LogP contribution is -2.36. The first-order chi connectivity index (χ1) is 14.9. The first-order valence-electron chi connectivity index (χ1n) is 10.2. The van der Waals surface area contributed by atoms with E-state index >= 15 is 0 Å². The van der Waals surface area contributed by atoms with E-state index in [2.05, 4.69) is 20.0 Å². The molecule has 11 heteroatoms. The molecule has 31 heavy (non-hydrogen) atoms. The van der Waals surface area contributed by atoms with Crippen LogP contribution in [0.3, 0.4) is 0 Å². The number of aromatic nitrogens is 5. The average Bonchev–Trinajstić information content (AvgIpc) is 3.48. The number of methoxy groups -OCH3 is 1. The van der Waals surface area contributed by atoms with Gasteiger partial charge in [-0.1, -0.05) is 19.1 Å². The van der Waals surface area contributed by atoms with Crippen molar-refractivity contribution in [2.75, 3.05) is 31.6 Å². The van der Waals surface area contributed by atoms with E-state index in [0.717, 1.165) is 17.0 Å². The van der Waals surface area contributed by atoms with Crippen LogP contribution in [0.1, 0.15) is 19.0 Å². The van der Waals surface area contributed by atoms with Gasteiger partial charge in [-0.05, 0) is 24.6 Å². The molecule has 0 bridgehead atoms. The lowest BCUT2D eigenvalue weighted by molar-refractivity contribution is 0.415. The Balaban J connectivity index is 1.70. The summed E-state index contributed by atoms with van der Waals surface area (Å²) in [5, 5.41) is 12.9. The lowest BCUT2D eigenvalue weighted by atomic mass is 10.2. The second-order valence-electron chi connectivity index (χ2n) is 7.52. The van der Waals surface area contributed by atoms with Crippen LogP contribution in [-0.2, 0) is 23.6 Å². The van der Waals surface area contributed by atoms with Gasteiger partial charge in [-0.3, -0.25) is 9.25 Å². The van der Waals surface area contributed by atoms with Crippen LogP contribution in [0.25, 0.3) is 11.4 Å². The number of anilines is 1. The SMILES string of the molecule is CCNS(=O)(=O)C1CCN(c2nnc(-c3cccc(OC)c3)n2Cc2ccn(C)n2)C1. The highest BCUT2D eigenvalue weighted by Crippen LogP contribution is 2.29. The predicted molar refractivity (Wildman–Crippen MR) is 118 cm³/mol. The molecule has 4 rings (SSSR count). The summed E-state index contributed by atoms with van der Waals surface area (Å²) in [5.74, 6) is 2.04. The molecule has 1 aromatic carbocycles. The van der Waals surface area contributed by atoms with Crippen LogP contribution in [0, 0.1) is 0 Å². The molecule has 10 nitrogen and oxygen atoms in total. The van der Waals surface area contributed by atoms with Crippen molar-refractivity contribution in [1.82, 2.24) is 29.3 Å². The maximum Gasteiger partial charge on any atom is 0.227 e. The Morgan fingerprint density at radius 2 is 2.10 bits per heavy atom. The molecule has 0 aliphatic carbocycles. The molecule has 0 radical (unpaired) electrons. The van der Waals surface area contributed by atoms with E-state index in [4.69, 9.17) is 4.74 Å². The molecule has 0 amide bonds. The third-order valence-electron chi connectivity index (χ3n) is 5.36. The summed E-state index contributed by atoms with van der Waals surface area (Å²) in [5.41, 5.74) is 1.73. The van der Waals surface area contributed by atoms with E-state index in [-0.39, 0.29) is 0 Å². The zero-order chi connectivity index (χ0) is 22.0. The second kappa shape index (κ2) is 8.67. The zero-order valence-corrected chi connectivity index (χ0v) is 18.7. The van der Waals surface area contributed by atoms with Gasteiger partial charge in [0.1, 0.15) is 5.75 Å². The predicted octanol–water partition coefficient (Wildman–Crippen LogP) is 1.25. The summed E-state index contributed by atoms with van der Waals surface area (Å²) in [6, 6.07) is 9.59. The van der Waals surface area contributed by atoms with E-state index < -0.39 is 15.3 Å². The van der Waals surface area contributed by atoms with Gasteiger partial charge in [0, 0.05) is 38.4 Å². The number of hydrogen-bond acceptors (Lipinski definition) is 7. The molecule has 1 aliphatic heterocycles. The number of benzene rings is 1. The van der Waals surface area contributed by atoms with Crippen molar-refractivity contribution in [3.8, 4) is 17.1 Å². The Labute approximate surface area is 181 Å². The average molecular weight is 446 g/mol. The highest BCUT2D eigenvalue weighted by Gasteiger charge is 2.35. The highest BCUT2D eigenvalue weighted by molar-refractivity contribution is 7.90. The van der Waals surface area contributed by atoms with Crippen LogP contribution in [0.2, 0.25) is 0 Å². The number of rotatable bonds is 8. The molecule has 3 heterocycles. The summed E-state index contributed by atoms with van der Waals surface area (Å²) in [7, 11) is 0.139. The third-order valence-corrected chi connectivity index (χ3v) is 7.31. The fourth-order valence-electron chi connectivity index (χ4n) is 3.84. The normalized spacial score (nSPS) is 16.7. The maximum absolute atomic E-state index is 12.5. The number of sulfonamides is 1. The van der Waals surface area contributed by atoms with E-state index in [9.17, 15) is 8.42 Å². The van der Waals surface area contributed by atoms with Gasteiger partial charge in [-0.15, -0.1) is 10.2 Å². The standard InChI is InChI=1S/C20H27N7O3S/c1-4-21-31(28,29)18-9-11-26(14-18)20-23-22-19(15-6-5-7-17(12-15)30-3)27(20)13-16-8-10-25(2)24-16/h5-8,10,12,18,21H,4,9,11,13-14H2,1-3H3. The summed E-state index contributed by atoms with van der Waals surface area (Å²) >= 11 is 0. The van der Waals surface area contributed by atoms with Gasteiger partial charge >= 0.3 is 0 Å². The molecule has 1 saturated heterocycles. The molecular formula is C20H27N7O3S. The Kier molecular flexibility index (Phi) is 5.96. The number of ether oxygens (including phenoxy) is 1. The summed E-state index contributed by atoms with van der Waals surface area (Å²) in [4.78, 5) is 1.99. The minimum atomic E-state index is -3.36. The van der Waals surface area contributed by atoms with Gasteiger partial charge in [-0.2, -0.15) is 5.10 Å². The molecule has 1 N–H and O–H groups in total. The van der Waals surface area contributed by atoms with Gasteiger partial charge in [0.25, 0.3) is 0 Å². The largest absolute Gasteiger partial charge is 0.497 e. The van der Waals surface area contributed by atoms with Crippen molar-refractivity contribution in [3.63, 3.8) is 0 Å². The topological polar surface area (TPSA) is 107 Å². The highest BCUT2D eigenvalue weighted by atomic mass is 32.2. The number of hydrogen-bond donors (Lipinski definition) is 1.